The molecule has 1 N–H and O–H groups in total. The number of amides is 2. The first-order valence-electron chi connectivity index (χ1n) is 9.18. The molecule has 0 aromatic heterocycles. The average molecular weight is 455 g/mol. The Morgan fingerprint density at radius 2 is 1.69 bits per heavy atom. The number of anilines is 2. The Bertz CT molecular complexity index is 1010. The van der Waals surface area contributed by atoms with Crippen LogP contribution in [0.15, 0.2) is 77.3 Å². The van der Waals surface area contributed by atoms with Gasteiger partial charge >= 0.3 is 0 Å². The highest BCUT2D eigenvalue weighted by Gasteiger charge is 2.15. The summed E-state index contributed by atoms with van der Waals surface area (Å²) in [5, 5.41) is 2.67. The third kappa shape index (κ3) is 5.29. The maximum Gasteiger partial charge on any atom is 0.258 e. The van der Waals surface area contributed by atoms with Crippen molar-refractivity contribution < 1.29 is 14.0 Å². The van der Waals surface area contributed by atoms with Gasteiger partial charge in [0.2, 0.25) is 5.91 Å². The second-order valence-electron chi connectivity index (χ2n) is 6.43. The summed E-state index contributed by atoms with van der Waals surface area (Å²) in [6, 6.07) is 20.8. The van der Waals surface area contributed by atoms with Gasteiger partial charge in [0, 0.05) is 22.4 Å². The number of nitrogens with zero attached hydrogens (tertiary/aromatic N) is 1. The predicted octanol–water partition coefficient (Wildman–Crippen LogP) is 5.44. The quantitative estimate of drug-likeness (QED) is 0.539. The van der Waals surface area contributed by atoms with Gasteiger partial charge in [-0.15, -0.1) is 0 Å². The molecule has 148 valence electrons. The number of carbonyl (C=O) groups is 2. The normalized spacial score (nSPS) is 10.4. The molecule has 0 aliphatic rings. The molecule has 0 spiro atoms. The topological polar surface area (TPSA) is 49.4 Å². The van der Waals surface area contributed by atoms with E-state index in [0.717, 1.165) is 11.3 Å². The van der Waals surface area contributed by atoms with Gasteiger partial charge in [-0.3, -0.25) is 9.59 Å². The molecule has 3 aromatic carbocycles. The monoisotopic (exact) mass is 454 g/mol. The second-order valence-corrected chi connectivity index (χ2v) is 7.34. The number of carbonyl (C=O) groups excluding carboxylic acids is 2. The van der Waals surface area contributed by atoms with Gasteiger partial charge in [0.05, 0.1) is 12.0 Å². The zero-order valence-electron chi connectivity index (χ0n) is 15.9. The van der Waals surface area contributed by atoms with E-state index < -0.39 is 11.7 Å². The molecule has 0 bridgehead atoms. The van der Waals surface area contributed by atoms with Gasteiger partial charge < -0.3 is 10.2 Å². The molecule has 3 aromatic rings. The fourth-order valence-electron chi connectivity index (χ4n) is 2.96. The first kappa shape index (κ1) is 20.7. The highest BCUT2D eigenvalue weighted by Crippen LogP contribution is 2.19. The lowest BCUT2D eigenvalue weighted by molar-refractivity contribution is -0.117. The smallest absolute Gasteiger partial charge is 0.258 e. The molecule has 0 aliphatic carbocycles. The summed E-state index contributed by atoms with van der Waals surface area (Å²) in [6.45, 7) is 2.51. The van der Waals surface area contributed by atoms with Gasteiger partial charge in [0.25, 0.3) is 5.91 Å². The molecule has 0 aliphatic heterocycles. The van der Waals surface area contributed by atoms with Crippen molar-refractivity contribution >= 4 is 39.1 Å². The van der Waals surface area contributed by atoms with Crippen molar-refractivity contribution in [3.05, 3.63) is 94.2 Å². The summed E-state index contributed by atoms with van der Waals surface area (Å²) in [6.07, 6.45) is 0.248. The van der Waals surface area contributed by atoms with E-state index in [1.165, 1.54) is 12.1 Å². The number of hydrogen-bond acceptors (Lipinski definition) is 2. The van der Waals surface area contributed by atoms with Crippen LogP contribution in [-0.2, 0) is 11.2 Å². The SMILES string of the molecule is CCN(C(=O)Cc1ccc(NC(=O)c2ccc(Br)cc2F)cc1)c1ccccc1. The Balaban J connectivity index is 1.65. The van der Waals surface area contributed by atoms with Crippen LogP contribution < -0.4 is 10.2 Å². The minimum absolute atomic E-state index is 0.00702. The first-order valence-corrected chi connectivity index (χ1v) is 9.98. The standard InChI is InChI=1S/C23H20BrFN2O2/c1-2-27(19-6-4-3-5-7-19)22(28)14-16-8-11-18(12-9-16)26-23(29)20-13-10-17(24)15-21(20)25/h3-13,15H,2,14H2,1H3,(H,26,29). The fraction of sp³-hybridized carbons (Fsp3) is 0.130. The Morgan fingerprint density at radius 1 is 1.00 bits per heavy atom. The van der Waals surface area contributed by atoms with Gasteiger partial charge in [-0.1, -0.05) is 46.3 Å². The van der Waals surface area contributed by atoms with Crippen LogP contribution in [0.1, 0.15) is 22.8 Å². The van der Waals surface area contributed by atoms with E-state index in [0.29, 0.717) is 16.7 Å². The van der Waals surface area contributed by atoms with E-state index in [2.05, 4.69) is 21.2 Å². The van der Waals surface area contributed by atoms with Crippen LogP contribution in [0.4, 0.5) is 15.8 Å². The molecule has 3 rings (SSSR count). The van der Waals surface area contributed by atoms with Crippen LogP contribution in [0.2, 0.25) is 0 Å². The molecular formula is C23H20BrFN2O2. The third-order valence-electron chi connectivity index (χ3n) is 4.43. The zero-order valence-corrected chi connectivity index (χ0v) is 17.4. The van der Waals surface area contributed by atoms with E-state index in [4.69, 9.17) is 0 Å². The van der Waals surface area contributed by atoms with Crippen LogP contribution in [0.3, 0.4) is 0 Å². The summed E-state index contributed by atoms with van der Waals surface area (Å²) in [5.74, 6) is -1.13. The van der Waals surface area contributed by atoms with Gasteiger partial charge in [-0.2, -0.15) is 0 Å². The fourth-order valence-corrected chi connectivity index (χ4v) is 3.29. The summed E-state index contributed by atoms with van der Waals surface area (Å²) < 4.78 is 14.5. The molecule has 6 heteroatoms. The van der Waals surface area contributed by atoms with Gasteiger partial charge in [0.1, 0.15) is 5.82 Å². The van der Waals surface area contributed by atoms with E-state index >= 15 is 0 Å². The summed E-state index contributed by atoms with van der Waals surface area (Å²) in [5.41, 5.74) is 2.19. The molecule has 0 saturated heterocycles. The van der Waals surface area contributed by atoms with Crippen molar-refractivity contribution in [1.82, 2.24) is 0 Å². The van der Waals surface area contributed by atoms with Crippen molar-refractivity contribution in [3.63, 3.8) is 0 Å². The molecule has 0 saturated carbocycles. The minimum Gasteiger partial charge on any atom is -0.322 e. The number of para-hydroxylation sites is 1. The molecule has 0 radical (unpaired) electrons. The summed E-state index contributed by atoms with van der Waals surface area (Å²) >= 11 is 3.17. The van der Waals surface area contributed by atoms with Crippen molar-refractivity contribution in [2.45, 2.75) is 13.3 Å². The zero-order chi connectivity index (χ0) is 20.8. The number of hydrogen-bond donors (Lipinski definition) is 1. The maximum atomic E-state index is 13.9. The number of likely N-dealkylation sites (N-methyl/N-ethyl adjacent to an activating group) is 1. The molecule has 0 fully saturated rings. The number of halogens is 2. The van der Waals surface area contributed by atoms with Crippen LogP contribution in [0, 0.1) is 5.82 Å². The molecule has 0 atom stereocenters. The van der Waals surface area contributed by atoms with Crippen molar-refractivity contribution in [1.29, 1.82) is 0 Å². The van der Waals surface area contributed by atoms with Crippen LogP contribution >= 0.6 is 15.9 Å². The number of nitrogens with one attached hydrogen (secondary N) is 1. The van der Waals surface area contributed by atoms with Gasteiger partial charge in [-0.25, -0.2) is 4.39 Å². The third-order valence-corrected chi connectivity index (χ3v) is 4.92. The minimum atomic E-state index is -0.598. The van der Waals surface area contributed by atoms with E-state index in [1.807, 2.05) is 37.3 Å². The number of benzene rings is 3. The Labute approximate surface area is 177 Å². The average Bonchev–Trinajstić information content (AvgIpc) is 2.71. The summed E-state index contributed by atoms with van der Waals surface area (Å²) in [7, 11) is 0. The predicted molar refractivity (Wildman–Crippen MR) is 117 cm³/mol. The van der Waals surface area contributed by atoms with Crippen molar-refractivity contribution in [3.8, 4) is 0 Å². The van der Waals surface area contributed by atoms with Crippen molar-refractivity contribution in [2.24, 2.45) is 0 Å². The molecule has 29 heavy (non-hydrogen) atoms. The van der Waals surface area contributed by atoms with E-state index in [1.54, 1.807) is 35.2 Å². The second kappa shape index (κ2) is 9.47. The first-order chi connectivity index (χ1) is 14.0. The highest BCUT2D eigenvalue weighted by molar-refractivity contribution is 9.10. The van der Waals surface area contributed by atoms with E-state index in [9.17, 15) is 14.0 Å². The molecule has 0 heterocycles. The maximum absolute atomic E-state index is 13.9. The highest BCUT2D eigenvalue weighted by atomic mass is 79.9. The van der Waals surface area contributed by atoms with Crippen LogP contribution in [0.5, 0.6) is 0 Å². The number of rotatable bonds is 6. The Hall–Kier alpha value is -2.99. The molecule has 0 unspecified atom stereocenters. The van der Waals surface area contributed by atoms with Crippen LogP contribution in [-0.4, -0.2) is 18.4 Å². The Kier molecular flexibility index (Phi) is 6.77. The van der Waals surface area contributed by atoms with Gasteiger partial charge in [-0.05, 0) is 55.0 Å². The molecular weight excluding hydrogens is 435 g/mol. The molecule has 2 amide bonds. The lowest BCUT2D eigenvalue weighted by Gasteiger charge is -2.21. The van der Waals surface area contributed by atoms with E-state index in [-0.39, 0.29) is 17.9 Å². The summed E-state index contributed by atoms with van der Waals surface area (Å²) in [4.78, 5) is 26.7. The lowest BCUT2D eigenvalue weighted by atomic mass is 10.1. The Morgan fingerprint density at radius 3 is 2.31 bits per heavy atom. The van der Waals surface area contributed by atoms with Crippen molar-refractivity contribution in [2.75, 3.05) is 16.8 Å². The molecule has 4 nitrogen and oxygen atoms in total. The van der Waals surface area contributed by atoms with Crippen LogP contribution in [0.25, 0.3) is 0 Å². The largest absolute Gasteiger partial charge is 0.322 e. The lowest BCUT2D eigenvalue weighted by Crippen LogP contribution is -2.31. The van der Waals surface area contributed by atoms with Gasteiger partial charge in [0.15, 0.2) is 0 Å².